The molecule has 0 spiro atoms. The molecule has 0 aliphatic carbocycles. The summed E-state index contributed by atoms with van der Waals surface area (Å²) in [4.78, 5) is 2.87. The average molecular weight is 1710 g/mol. The molecule has 0 amide bonds. The highest BCUT2D eigenvalue weighted by molar-refractivity contribution is 7.00. The molecule has 5 heterocycles. The van der Waals surface area contributed by atoms with E-state index in [0.29, 0.717) is 16.7 Å². The normalized spacial score (nSPS) is 17.5. The number of para-hydroxylation sites is 6. The fourth-order valence-corrected chi connectivity index (χ4v) is 18.3. The predicted molar refractivity (Wildman–Crippen MR) is 555 cm³/mol. The maximum atomic E-state index is 11.5. The molecule has 20 rings (SSSR count). The Morgan fingerprint density at radius 2 is 0.570 bits per heavy atom. The van der Waals surface area contributed by atoms with Gasteiger partial charge in [-0.1, -0.05) is 384 Å². The van der Waals surface area contributed by atoms with Crippen LogP contribution in [0.1, 0.15) is 260 Å². The molecular formula is C122H122BN5. The third kappa shape index (κ3) is 13.8. The Morgan fingerprint density at radius 1 is 0.234 bits per heavy atom. The van der Waals surface area contributed by atoms with Gasteiger partial charge in [-0.05, 0) is 211 Å². The second-order valence-corrected chi connectivity index (χ2v) is 42.3. The lowest BCUT2D eigenvalue weighted by Gasteiger charge is -2.46. The molecule has 0 unspecified atom stereocenters. The largest absolute Gasteiger partial charge is 0.310 e. The first-order chi connectivity index (χ1) is 75.6. The van der Waals surface area contributed by atoms with Gasteiger partial charge in [0.1, 0.15) is 0 Å². The van der Waals surface area contributed by atoms with Gasteiger partial charge in [0.05, 0.1) is 99.5 Å². The quantitative estimate of drug-likeness (QED) is 0.134. The monoisotopic (exact) mass is 1700 g/mol. The van der Waals surface area contributed by atoms with Gasteiger partial charge in [-0.25, -0.2) is 0 Å². The van der Waals surface area contributed by atoms with Crippen molar-refractivity contribution in [3.8, 4) is 61.6 Å². The molecule has 0 bridgehead atoms. The molecule has 128 heavy (non-hydrogen) atoms. The van der Waals surface area contributed by atoms with Gasteiger partial charge < -0.3 is 23.5 Å². The van der Waals surface area contributed by atoms with Crippen molar-refractivity contribution in [2.75, 3.05) is 9.80 Å². The Balaban J connectivity index is 1.17. The molecule has 6 heteroatoms. The van der Waals surface area contributed by atoms with E-state index in [1.54, 1.807) is 143 Å². The Labute approximate surface area is 810 Å². The van der Waals surface area contributed by atoms with Crippen molar-refractivity contribution in [3.05, 3.63) is 347 Å². The zero-order valence-corrected chi connectivity index (χ0v) is 76.9. The topological polar surface area (TPSA) is 21.3 Å². The molecule has 18 aromatic rings. The van der Waals surface area contributed by atoms with Crippen LogP contribution in [0.4, 0.5) is 34.1 Å². The van der Waals surface area contributed by atoms with E-state index in [1.165, 1.54) is 38.6 Å². The number of hydrogen-bond donors (Lipinski definition) is 0. The molecule has 5 nitrogen and oxygen atoms in total. The fraction of sp³-hybridized carbons (Fsp3) is 0.262. The Hall–Kier alpha value is -12.6. The highest BCUT2D eigenvalue weighted by Crippen LogP contribution is 2.58. The number of anilines is 6. The summed E-state index contributed by atoms with van der Waals surface area (Å²) in [5.41, 5.74) is -16.1. The molecule has 2 aliphatic rings. The van der Waals surface area contributed by atoms with Crippen LogP contribution >= 0.6 is 0 Å². The van der Waals surface area contributed by atoms with Crippen molar-refractivity contribution in [3.63, 3.8) is 0 Å². The first-order valence-electron chi connectivity index (χ1n) is 61.6. The van der Waals surface area contributed by atoms with E-state index in [1.807, 2.05) is 34.9 Å². The Kier molecular flexibility index (Phi) is 12.0. The smallest absolute Gasteiger partial charge is 0.252 e. The van der Waals surface area contributed by atoms with E-state index in [2.05, 4.69) is 53.7 Å². The van der Waals surface area contributed by atoms with E-state index in [9.17, 15) is 49.3 Å². The van der Waals surface area contributed by atoms with E-state index >= 15 is 0 Å². The number of fused-ring (bicyclic) bond motifs is 13. The Morgan fingerprint density at radius 3 is 0.961 bits per heavy atom. The summed E-state index contributed by atoms with van der Waals surface area (Å²) < 4.78 is 380. The number of aromatic nitrogens is 3. The summed E-state index contributed by atoms with van der Waals surface area (Å²) in [6.45, 7) is 41.4. The number of benzene rings is 15. The summed E-state index contributed by atoms with van der Waals surface area (Å²) in [7, 11) is 0. The van der Waals surface area contributed by atoms with Crippen molar-refractivity contribution in [2.45, 2.75) is 209 Å². The summed E-state index contributed by atoms with van der Waals surface area (Å²) in [6, 6.07) is -4.18. The lowest BCUT2D eigenvalue weighted by molar-refractivity contribution is 0.569. The zero-order chi connectivity index (χ0) is 121. The molecule has 15 aromatic carbocycles. The van der Waals surface area contributed by atoms with Crippen LogP contribution in [0.25, 0.3) is 127 Å². The van der Waals surface area contributed by atoms with Crippen LogP contribution in [0.15, 0.2) is 302 Å². The highest BCUT2D eigenvalue weighted by Gasteiger charge is 2.47. The summed E-state index contributed by atoms with van der Waals surface area (Å²) >= 11 is 0. The minimum absolute atomic E-state index is 0.00368. The van der Waals surface area contributed by atoms with Gasteiger partial charge in [0.2, 0.25) is 0 Å². The maximum absolute atomic E-state index is 11.5. The molecule has 0 atom stereocenters. The van der Waals surface area contributed by atoms with Crippen molar-refractivity contribution in [2.24, 2.45) is 0 Å². The first kappa shape index (κ1) is 52.0. The van der Waals surface area contributed by atoms with E-state index < -0.39 is 367 Å². The van der Waals surface area contributed by atoms with Crippen LogP contribution in [0.3, 0.4) is 0 Å². The minimum atomic E-state index is -1.65. The lowest BCUT2D eigenvalue weighted by Crippen LogP contribution is -2.61. The van der Waals surface area contributed by atoms with E-state index in [4.69, 9.17) is 0 Å². The van der Waals surface area contributed by atoms with Gasteiger partial charge >= 0.3 is 0 Å². The maximum Gasteiger partial charge on any atom is 0.252 e. The molecule has 0 fully saturated rings. The van der Waals surface area contributed by atoms with Crippen molar-refractivity contribution >= 4 is 123 Å². The van der Waals surface area contributed by atoms with E-state index in [0.717, 1.165) is 26.5 Å². The highest BCUT2D eigenvalue weighted by atomic mass is 15.2. The van der Waals surface area contributed by atoms with Gasteiger partial charge in [0.25, 0.3) is 6.71 Å². The van der Waals surface area contributed by atoms with Crippen LogP contribution in [-0.4, -0.2) is 20.4 Å². The van der Waals surface area contributed by atoms with Gasteiger partial charge in [-0.2, -0.15) is 0 Å². The summed E-state index contributed by atoms with van der Waals surface area (Å²) in [5, 5.41) is -0.344. The van der Waals surface area contributed by atoms with Crippen LogP contribution < -0.4 is 26.2 Å². The average Bonchev–Trinajstić information content (AvgIpc) is 0.954. The second kappa shape index (κ2) is 29.5. The van der Waals surface area contributed by atoms with E-state index in [-0.39, 0.29) is 84.1 Å². The fourth-order valence-electron chi connectivity index (χ4n) is 18.3. The number of hydrogen-bond acceptors (Lipinski definition) is 2. The summed E-state index contributed by atoms with van der Waals surface area (Å²) in [5.74, 6) is 0. The zero-order valence-electron chi connectivity index (χ0n) is 113. The number of rotatable bonds is 9. The SMILES string of the molecule is [2H]c1c([2H])c(-c2c([2H])c([2H])c(C(C)(C)C)c([2H])c2[2H])c(N2c3cc(-n4c5c([2H])c([2H])c([2H])c([2H])c5c5c([2H])c([2H])c([2H])c([2H])c54)ccc3B3c4ccc(-n5c6ccc(C(C)(C)C)cc6c6cc(C(C)(C)C)ccc65)cc4N(c4c(-c5c([2H])c([2H])c(C(C)(C)C)c([2H])c5[2H])c([2H])c([2H])c([2H])c4-c4c(C(C)(C)C)c([2H])c([2H])c([2H])c4C(C)(C)C)c4cc(-n5c6c([2H])c([2H])c([2H])c([2H])c6c6c([2H])c([2H])c([2H])c([2H])c65)cc2c43)c(-c2c([2H])c([2H])c(C(C)(C)C)c([2H])c2C(C)(C)C)c1[2H]. The van der Waals surface area contributed by atoms with Gasteiger partial charge in [-0.15, -0.1) is 0 Å². The lowest BCUT2D eigenvalue weighted by atomic mass is 9.33. The Bertz CT molecular complexity index is 9560. The number of nitrogens with zero attached hydrogens (tertiary/aromatic N) is 5. The molecule has 3 aromatic heterocycles. The molecule has 2 aliphatic heterocycles. The first-order valence-corrected chi connectivity index (χ1v) is 43.6. The molecule has 0 radical (unpaired) electrons. The third-order valence-electron chi connectivity index (χ3n) is 24.9. The second-order valence-electron chi connectivity index (χ2n) is 42.3. The van der Waals surface area contributed by atoms with Crippen LogP contribution in [0.2, 0.25) is 0 Å². The van der Waals surface area contributed by atoms with Gasteiger partial charge in [-0.3, -0.25) is 0 Å². The predicted octanol–water partition coefficient (Wildman–Crippen LogP) is 32.1. The molecule has 0 saturated carbocycles. The van der Waals surface area contributed by atoms with Crippen LogP contribution in [0.5, 0.6) is 0 Å². The van der Waals surface area contributed by atoms with Crippen molar-refractivity contribution in [1.29, 1.82) is 0 Å². The minimum Gasteiger partial charge on any atom is -0.310 e. The molecule has 0 N–H and O–H groups in total. The van der Waals surface area contributed by atoms with Gasteiger partial charge in [0, 0.05) is 88.7 Å². The molecule has 638 valence electrons. The summed E-state index contributed by atoms with van der Waals surface area (Å²) in [6.07, 6.45) is 0. The van der Waals surface area contributed by atoms with Crippen LogP contribution in [0, 0.1) is 0 Å². The third-order valence-corrected chi connectivity index (χ3v) is 24.9. The van der Waals surface area contributed by atoms with Crippen molar-refractivity contribution < 1.29 is 49.3 Å². The molecular weight excluding hydrogens is 1550 g/mol. The standard InChI is InChI=1S/C122H122BN5/c1-115(2,3)77-54-50-75(51-55-77)85-40-33-42-92(87-63-58-81(119(13,14)15)70-98(87)122(22,23)24)113(85)127-107-71-82(124-101-46-29-25-36-88(101)89-37-26-30-47-102(89)124)61-64-99(107)123-100-65-62-83(125-105-66-59-79(117(7,8)9)68-94(105)95-69-80(118(10,11)12)60-67-106(95)125)72-108(100)128(110-74-84(73-109(127)112(110)123)126-103-48-31-27-38-90(103)91-39-28-32-49-104(91)126)114-86(76-52-56-78(57-53-76)116(4,5)6)41-34-43-93(114)111-96(120(16,17)18)44-35-45-97(111)121(19,20)21/h25-74H,1-24H3/i25D,26D,27D,28D,29D,30D,31D,32D,33D,34D,35D,36D,37D,38D,39D,40D,41D,42D,43D,44D,45D,46D,47D,48D,49D,50D,51D,52D,53D,54D,55D,56D,57D,58D,63D,70D. The molecule has 0 saturated heterocycles. The van der Waals surface area contributed by atoms with Gasteiger partial charge in [0.15, 0.2) is 0 Å². The van der Waals surface area contributed by atoms with Crippen molar-refractivity contribution in [1.82, 2.24) is 13.7 Å². The van der Waals surface area contributed by atoms with Crippen LogP contribution in [-0.2, 0) is 43.3 Å².